The molecule has 0 amide bonds. The molecule has 0 unspecified atom stereocenters. The highest BCUT2D eigenvalue weighted by Crippen LogP contribution is 2.38. The molecule has 0 aromatic carbocycles. The van der Waals surface area contributed by atoms with Gasteiger partial charge >= 0.3 is 7.82 Å². The molecule has 13 nitrogen and oxygen atoms in total. The van der Waals surface area contributed by atoms with Gasteiger partial charge in [0.2, 0.25) is 5.88 Å². The number of fused-ring (bicyclic) bond motifs is 1. The molecule has 0 saturated carbocycles. The summed E-state index contributed by atoms with van der Waals surface area (Å²) in [4.78, 5) is 28.7. The molecule has 4 atom stereocenters. The quantitative estimate of drug-likeness (QED) is 0.256. The lowest BCUT2D eigenvalue weighted by Gasteiger charge is -2.16. The normalized spacial score (nSPS) is 24.0. The molecule has 0 aliphatic carbocycles. The maximum Gasteiger partial charge on any atom is 0.469 e. The van der Waals surface area contributed by atoms with E-state index in [9.17, 15) is 19.9 Å². The number of aromatic hydroxyl groups is 1. The van der Waals surface area contributed by atoms with Gasteiger partial charge in [-0.05, 0) is 18.4 Å². The van der Waals surface area contributed by atoms with Crippen molar-refractivity contribution in [3.63, 3.8) is 0 Å². The lowest BCUT2D eigenvalue weighted by molar-refractivity contribution is -0.0504. The van der Waals surface area contributed by atoms with Crippen molar-refractivity contribution in [2.24, 2.45) is 0 Å². The molecule has 1 aliphatic heterocycles. The van der Waals surface area contributed by atoms with E-state index in [-0.39, 0.29) is 17.0 Å². The van der Waals surface area contributed by atoms with Crippen LogP contribution in [-0.4, -0.2) is 75.8 Å². The summed E-state index contributed by atoms with van der Waals surface area (Å²) in [7, 11) is -4.74. The predicted molar refractivity (Wildman–Crippen MR) is 101 cm³/mol. The molecular weight excluding hydrogens is 443 g/mol. The summed E-state index contributed by atoms with van der Waals surface area (Å²) in [5.41, 5.74) is 0.234. The van der Waals surface area contributed by atoms with Crippen LogP contribution in [0.15, 0.2) is 40.6 Å². The number of phosphoric ester groups is 1. The first-order chi connectivity index (χ1) is 14.2. The number of aliphatic hydroxyl groups excluding tert-OH is 2. The molecule has 0 bridgehead atoms. The van der Waals surface area contributed by atoms with Gasteiger partial charge in [-0.25, -0.2) is 14.5 Å². The van der Waals surface area contributed by atoms with Gasteiger partial charge in [0.25, 0.3) is 0 Å². The van der Waals surface area contributed by atoms with E-state index in [1.165, 1.54) is 10.9 Å². The second-order valence-corrected chi connectivity index (χ2v) is 8.04. The van der Waals surface area contributed by atoms with Crippen LogP contribution < -0.4 is 0 Å². The van der Waals surface area contributed by atoms with E-state index >= 15 is 0 Å². The molecule has 164 valence electrons. The molecule has 0 spiro atoms. The Balaban J connectivity index is 0.000000310. The zero-order chi connectivity index (χ0) is 21.9. The fourth-order valence-electron chi connectivity index (χ4n) is 2.67. The van der Waals surface area contributed by atoms with Gasteiger partial charge in [-0.1, -0.05) is 11.8 Å². The summed E-state index contributed by atoms with van der Waals surface area (Å²) in [6.45, 7) is -0.619. The van der Waals surface area contributed by atoms with Crippen LogP contribution in [0.2, 0.25) is 0 Å². The van der Waals surface area contributed by atoms with E-state index in [2.05, 4.69) is 19.5 Å². The molecule has 30 heavy (non-hydrogen) atoms. The molecule has 0 radical (unpaired) electrons. The van der Waals surface area contributed by atoms with Gasteiger partial charge in [-0.3, -0.25) is 9.09 Å². The van der Waals surface area contributed by atoms with Crippen molar-refractivity contribution in [2.75, 3.05) is 12.9 Å². The third-order valence-corrected chi connectivity index (χ3v) is 5.17. The van der Waals surface area contributed by atoms with Gasteiger partial charge in [0.1, 0.15) is 24.6 Å². The SMILES string of the molecule is CSc1ccco1.O=P(O)(O)OC[C@H]1O[C@@H](n2cnc3c(O)ncnc32)[C@H](O)[C@@H]1O. The number of hydrogen-bond acceptors (Lipinski definition) is 11. The molecule has 4 heterocycles. The summed E-state index contributed by atoms with van der Waals surface area (Å²) in [6.07, 6.45) is 0.804. The van der Waals surface area contributed by atoms with Crippen LogP contribution in [0.3, 0.4) is 0 Å². The van der Waals surface area contributed by atoms with Crippen LogP contribution in [0.1, 0.15) is 6.23 Å². The number of nitrogens with zero attached hydrogens (tertiary/aromatic N) is 4. The van der Waals surface area contributed by atoms with E-state index in [4.69, 9.17) is 18.9 Å². The van der Waals surface area contributed by atoms with Crippen molar-refractivity contribution in [2.45, 2.75) is 29.6 Å². The fraction of sp³-hybridized carbons (Fsp3) is 0.400. The number of phosphoric acid groups is 1. The topological polar surface area (TPSA) is 193 Å². The average Bonchev–Trinajstić information content (AvgIpc) is 3.42. The van der Waals surface area contributed by atoms with Crippen LogP contribution >= 0.6 is 19.6 Å². The number of hydrogen-bond donors (Lipinski definition) is 5. The highest BCUT2D eigenvalue weighted by atomic mass is 32.2. The Morgan fingerprint density at radius 1 is 1.27 bits per heavy atom. The van der Waals surface area contributed by atoms with Crippen molar-refractivity contribution in [3.8, 4) is 5.88 Å². The number of ether oxygens (including phenoxy) is 1. The Morgan fingerprint density at radius 3 is 2.63 bits per heavy atom. The van der Waals surface area contributed by atoms with Gasteiger partial charge in [0.05, 0.1) is 19.2 Å². The molecular formula is C15H19N4O9PS. The third-order valence-electron chi connectivity index (χ3n) is 4.05. The van der Waals surface area contributed by atoms with Crippen LogP contribution in [-0.2, 0) is 13.8 Å². The molecule has 3 aromatic heterocycles. The zero-order valence-electron chi connectivity index (χ0n) is 15.4. The second-order valence-electron chi connectivity index (χ2n) is 5.99. The molecule has 3 aromatic rings. The summed E-state index contributed by atoms with van der Waals surface area (Å²) in [6, 6.07) is 3.82. The molecule has 15 heteroatoms. The maximum absolute atomic E-state index is 10.7. The lowest BCUT2D eigenvalue weighted by atomic mass is 10.1. The van der Waals surface area contributed by atoms with Gasteiger partial charge < -0.3 is 34.3 Å². The number of rotatable bonds is 5. The van der Waals surface area contributed by atoms with Crippen molar-refractivity contribution in [1.29, 1.82) is 0 Å². The van der Waals surface area contributed by atoms with Crippen molar-refractivity contribution in [1.82, 2.24) is 19.5 Å². The second kappa shape index (κ2) is 9.41. The summed E-state index contributed by atoms with van der Waals surface area (Å²) < 4.78 is 26.6. The number of thioether (sulfide) groups is 1. The lowest BCUT2D eigenvalue weighted by Crippen LogP contribution is -2.33. The molecule has 5 N–H and O–H groups in total. The van der Waals surface area contributed by atoms with E-state index in [0.29, 0.717) is 0 Å². The van der Waals surface area contributed by atoms with E-state index in [1.807, 2.05) is 18.4 Å². The van der Waals surface area contributed by atoms with E-state index in [1.54, 1.807) is 18.0 Å². The van der Waals surface area contributed by atoms with Crippen LogP contribution in [0.25, 0.3) is 11.2 Å². The van der Waals surface area contributed by atoms with Crippen molar-refractivity contribution in [3.05, 3.63) is 31.1 Å². The van der Waals surface area contributed by atoms with Gasteiger partial charge in [0.15, 0.2) is 22.5 Å². The minimum atomic E-state index is -4.74. The fourth-order valence-corrected chi connectivity index (χ4v) is 3.38. The van der Waals surface area contributed by atoms with Gasteiger partial charge in [-0.15, -0.1) is 0 Å². The third kappa shape index (κ3) is 5.17. The van der Waals surface area contributed by atoms with Gasteiger partial charge in [0, 0.05) is 0 Å². The first-order valence-corrected chi connectivity index (χ1v) is 11.1. The first-order valence-electron chi connectivity index (χ1n) is 8.37. The minimum absolute atomic E-state index is 0.0766. The number of aromatic nitrogens is 4. The van der Waals surface area contributed by atoms with Crippen LogP contribution in [0, 0.1) is 0 Å². The maximum atomic E-state index is 10.7. The Morgan fingerprint density at radius 2 is 2.03 bits per heavy atom. The van der Waals surface area contributed by atoms with E-state index < -0.39 is 39.0 Å². The molecule has 1 aliphatic rings. The minimum Gasteiger partial charge on any atom is -0.492 e. The largest absolute Gasteiger partial charge is 0.492 e. The van der Waals surface area contributed by atoms with E-state index in [0.717, 1.165) is 11.4 Å². The highest BCUT2D eigenvalue weighted by molar-refractivity contribution is 7.98. The Hall–Kier alpha value is -2.03. The highest BCUT2D eigenvalue weighted by Gasteiger charge is 2.45. The summed E-state index contributed by atoms with van der Waals surface area (Å²) in [5.74, 6) is -0.358. The summed E-state index contributed by atoms with van der Waals surface area (Å²) in [5, 5.41) is 30.6. The molecule has 1 saturated heterocycles. The standard InChI is InChI=1S/C10H13N4O8P.C5H6OS/c15-6-4(1-21-23(18,19)20)22-10(7(6)16)14-3-13-5-8(14)11-2-12-9(5)17;1-7-5-3-2-4-6-5/h2-4,6-7,10,15-16H,1H2,(H,11,12,17)(H2,18,19,20);2-4H,1H3/t4-,6-,7-,10-;/m1./s1. The number of imidazole rings is 1. The summed E-state index contributed by atoms with van der Waals surface area (Å²) >= 11 is 1.61. The smallest absolute Gasteiger partial charge is 0.469 e. The van der Waals surface area contributed by atoms with Crippen molar-refractivity contribution < 1.29 is 43.3 Å². The predicted octanol–water partition coefficient (Wildman–Crippen LogP) is 0.262. The number of aliphatic hydroxyl groups is 2. The first kappa shape index (κ1) is 22.7. The molecule has 4 rings (SSSR count). The van der Waals surface area contributed by atoms with Crippen LogP contribution in [0.4, 0.5) is 0 Å². The Bertz CT molecular complexity index is 1010. The monoisotopic (exact) mass is 462 g/mol. The Labute approximate surface area is 173 Å². The average molecular weight is 462 g/mol. The number of furan rings is 1. The molecule has 1 fully saturated rings. The van der Waals surface area contributed by atoms with Gasteiger partial charge in [-0.2, -0.15) is 4.98 Å². The zero-order valence-corrected chi connectivity index (χ0v) is 17.1. The Kier molecular flexibility index (Phi) is 7.10. The van der Waals surface area contributed by atoms with Crippen LogP contribution in [0.5, 0.6) is 5.88 Å². The van der Waals surface area contributed by atoms with Crippen molar-refractivity contribution >= 4 is 30.7 Å².